The van der Waals surface area contributed by atoms with Crippen LogP contribution in [0, 0.1) is 0 Å². The van der Waals surface area contributed by atoms with Crippen molar-refractivity contribution in [2.24, 2.45) is 4.99 Å². The number of hydrogen-bond donors (Lipinski definition) is 3. The predicted molar refractivity (Wildman–Crippen MR) is 125 cm³/mol. The largest absolute Gasteiger partial charge is 0.355 e. The van der Waals surface area contributed by atoms with Gasteiger partial charge in [-0.2, -0.15) is 0 Å². The summed E-state index contributed by atoms with van der Waals surface area (Å²) in [4.78, 5) is 31.9. The molecule has 1 aliphatic rings. The Morgan fingerprint density at radius 3 is 2.39 bits per heavy atom. The average Bonchev–Trinajstić information content (AvgIpc) is 2.65. The molecule has 0 bridgehead atoms. The number of guanidine groups is 1. The van der Waals surface area contributed by atoms with Crippen molar-refractivity contribution in [3.8, 4) is 0 Å². The van der Waals surface area contributed by atoms with Gasteiger partial charge in [-0.25, -0.2) is 4.99 Å². The van der Waals surface area contributed by atoms with Gasteiger partial charge in [0.2, 0.25) is 11.8 Å². The highest BCUT2D eigenvalue weighted by Crippen LogP contribution is 2.10. The van der Waals surface area contributed by atoms with E-state index < -0.39 is 0 Å². The number of likely N-dealkylation sites (N-methyl/N-ethyl adjacent to an activating group) is 1. The Balaban J connectivity index is 0.00000729. The minimum Gasteiger partial charge on any atom is -0.355 e. The van der Waals surface area contributed by atoms with Crippen LogP contribution in [0.1, 0.15) is 46.5 Å². The van der Waals surface area contributed by atoms with Crippen molar-refractivity contribution in [1.82, 2.24) is 25.8 Å². The Hall–Kier alpha value is -1.10. The first-order valence-corrected chi connectivity index (χ1v) is 10.1. The van der Waals surface area contributed by atoms with Gasteiger partial charge in [0.15, 0.2) is 5.96 Å². The first-order chi connectivity index (χ1) is 12.8. The number of amides is 2. The maximum Gasteiger partial charge on any atom is 0.243 e. The summed E-state index contributed by atoms with van der Waals surface area (Å²) in [5.41, 5.74) is 0. The average molecular weight is 510 g/mol. The lowest BCUT2D eigenvalue weighted by Gasteiger charge is -2.33. The minimum absolute atomic E-state index is 0. The first kappa shape index (κ1) is 26.9. The van der Waals surface area contributed by atoms with Gasteiger partial charge < -0.3 is 20.9 Å². The number of carbonyl (C=O) groups excluding carboxylic acids is 2. The molecular weight excluding hydrogens is 471 g/mol. The van der Waals surface area contributed by atoms with Gasteiger partial charge in [-0.1, -0.05) is 13.8 Å². The molecule has 0 aliphatic carbocycles. The normalized spacial score (nSPS) is 16.7. The number of piperidine rings is 1. The van der Waals surface area contributed by atoms with E-state index in [0.29, 0.717) is 18.5 Å². The number of hydrogen-bond acceptors (Lipinski definition) is 4. The van der Waals surface area contributed by atoms with Crippen molar-refractivity contribution in [2.45, 2.75) is 58.5 Å². The van der Waals surface area contributed by atoms with Crippen LogP contribution in [-0.4, -0.2) is 86.5 Å². The molecule has 1 unspecified atom stereocenters. The van der Waals surface area contributed by atoms with Crippen molar-refractivity contribution < 1.29 is 9.59 Å². The molecule has 9 heteroatoms. The molecule has 0 saturated carbocycles. The predicted octanol–water partition coefficient (Wildman–Crippen LogP) is 1.02. The molecule has 1 saturated heterocycles. The molecule has 3 N–H and O–H groups in total. The van der Waals surface area contributed by atoms with Crippen LogP contribution in [-0.2, 0) is 9.59 Å². The topological polar surface area (TPSA) is 89.1 Å². The number of halogens is 1. The van der Waals surface area contributed by atoms with Crippen LogP contribution in [0.25, 0.3) is 0 Å². The van der Waals surface area contributed by atoms with Gasteiger partial charge in [0.25, 0.3) is 0 Å². The summed E-state index contributed by atoms with van der Waals surface area (Å²) >= 11 is 0. The standard InChI is InChI=1S/C19H38N6O2.HI/c1-6-10-20-17(26)14-25-11-8-16(9-12-25)23-19(22-15(3)7-2)21-13-18(27)24(4)5;/h15-16H,6-14H2,1-5H3,(H,20,26)(H2,21,22,23);1H. The van der Waals surface area contributed by atoms with Crippen molar-refractivity contribution in [2.75, 3.05) is 46.8 Å². The van der Waals surface area contributed by atoms with E-state index in [9.17, 15) is 9.59 Å². The third-order valence-corrected chi connectivity index (χ3v) is 4.73. The second kappa shape index (κ2) is 14.8. The smallest absolute Gasteiger partial charge is 0.243 e. The molecule has 28 heavy (non-hydrogen) atoms. The fourth-order valence-corrected chi connectivity index (χ4v) is 2.71. The summed E-state index contributed by atoms with van der Waals surface area (Å²) in [6.45, 7) is 9.37. The molecule has 1 aliphatic heterocycles. The van der Waals surface area contributed by atoms with Crippen LogP contribution in [0.15, 0.2) is 4.99 Å². The lowest BCUT2D eigenvalue weighted by Crippen LogP contribution is -2.51. The Morgan fingerprint density at radius 1 is 1.21 bits per heavy atom. The van der Waals surface area contributed by atoms with Gasteiger partial charge in [-0.15, -0.1) is 24.0 Å². The quantitative estimate of drug-likeness (QED) is 0.245. The molecule has 1 rings (SSSR count). The van der Waals surface area contributed by atoms with Crippen molar-refractivity contribution in [1.29, 1.82) is 0 Å². The fourth-order valence-electron chi connectivity index (χ4n) is 2.71. The second-order valence-electron chi connectivity index (χ2n) is 7.45. The summed E-state index contributed by atoms with van der Waals surface area (Å²) in [6, 6.07) is 0.581. The third kappa shape index (κ3) is 11.0. The van der Waals surface area contributed by atoms with Crippen LogP contribution < -0.4 is 16.0 Å². The molecule has 0 radical (unpaired) electrons. The maximum atomic E-state index is 11.9. The molecule has 0 aromatic carbocycles. The molecular formula is C19H39IN6O2. The Morgan fingerprint density at radius 2 is 1.86 bits per heavy atom. The lowest BCUT2D eigenvalue weighted by atomic mass is 10.1. The molecule has 0 spiro atoms. The maximum absolute atomic E-state index is 11.9. The number of nitrogens with one attached hydrogen (secondary N) is 3. The van der Waals surface area contributed by atoms with Crippen molar-refractivity contribution >= 4 is 41.8 Å². The van der Waals surface area contributed by atoms with Crippen LogP contribution in [0.4, 0.5) is 0 Å². The second-order valence-corrected chi connectivity index (χ2v) is 7.45. The van der Waals surface area contributed by atoms with E-state index in [4.69, 9.17) is 0 Å². The number of carbonyl (C=O) groups is 2. The minimum atomic E-state index is -0.0202. The van der Waals surface area contributed by atoms with Crippen molar-refractivity contribution in [3.05, 3.63) is 0 Å². The summed E-state index contributed by atoms with van der Waals surface area (Å²) < 4.78 is 0. The molecule has 0 aromatic rings. The molecule has 0 aromatic heterocycles. The first-order valence-electron chi connectivity index (χ1n) is 10.1. The highest BCUT2D eigenvalue weighted by molar-refractivity contribution is 14.0. The van der Waals surface area contributed by atoms with Crippen LogP contribution in [0.2, 0.25) is 0 Å². The third-order valence-electron chi connectivity index (χ3n) is 4.73. The van der Waals surface area contributed by atoms with Crippen LogP contribution >= 0.6 is 24.0 Å². The van der Waals surface area contributed by atoms with E-state index >= 15 is 0 Å². The van der Waals surface area contributed by atoms with E-state index in [1.54, 1.807) is 19.0 Å². The highest BCUT2D eigenvalue weighted by Gasteiger charge is 2.22. The monoisotopic (exact) mass is 510 g/mol. The van der Waals surface area contributed by atoms with Gasteiger partial charge in [-0.3, -0.25) is 14.5 Å². The van der Waals surface area contributed by atoms with Gasteiger partial charge in [0.1, 0.15) is 6.54 Å². The number of aliphatic imine (C=N–C) groups is 1. The fraction of sp³-hybridized carbons (Fsp3) is 0.842. The number of likely N-dealkylation sites (tertiary alicyclic amines) is 1. The molecule has 1 fully saturated rings. The van der Waals surface area contributed by atoms with Gasteiger partial charge in [0, 0.05) is 45.8 Å². The molecule has 164 valence electrons. The summed E-state index contributed by atoms with van der Waals surface area (Å²) in [5, 5.41) is 9.76. The van der Waals surface area contributed by atoms with E-state index in [0.717, 1.165) is 45.3 Å². The molecule has 1 atom stereocenters. The zero-order valence-electron chi connectivity index (χ0n) is 18.1. The molecule has 8 nitrogen and oxygen atoms in total. The zero-order chi connectivity index (χ0) is 20.2. The van der Waals surface area contributed by atoms with Gasteiger partial charge in [0.05, 0.1) is 6.54 Å². The van der Waals surface area contributed by atoms with Gasteiger partial charge >= 0.3 is 0 Å². The van der Waals surface area contributed by atoms with E-state index in [1.807, 2.05) is 0 Å². The summed E-state index contributed by atoms with van der Waals surface area (Å²) in [6.07, 6.45) is 3.83. The summed E-state index contributed by atoms with van der Waals surface area (Å²) in [5.74, 6) is 0.776. The summed E-state index contributed by atoms with van der Waals surface area (Å²) in [7, 11) is 3.47. The van der Waals surface area contributed by atoms with Crippen LogP contribution in [0.5, 0.6) is 0 Å². The highest BCUT2D eigenvalue weighted by atomic mass is 127. The lowest BCUT2D eigenvalue weighted by molar-refractivity contribution is -0.127. The van der Waals surface area contributed by atoms with E-state index in [2.05, 4.69) is 46.6 Å². The number of nitrogens with zero attached hydrogens (tertiary/aromatic N) is 3. The Bertz CT molecular complexity index is 493. The van der Waals surface area contributed by atoms with Crippen LogP contribution in [0.3, 0.4) is 0 Å². The van der Waals surface area contributed by atoms with E-state index in [1.165, 1.54) is 0 Å². The Labute approximate surface area is 187 Å². The molecule has 1 heterocycles. The van der Waals surface area contributed by atoms with Crippen molar-refractivity contribution in [3.63, 3.8) is 0 Å². The van der Waals surface area contributed by atoms with Gasteiger partial charge in [-0.05, 0) is 32.6 Å². The SMILES string of the molecule is CCCNC(=O)CN1CCC(NC(=NCC(=O)N(C)C)NC(C)CC)CC1.I. The molecule has 2 amide bonds. The number of rotatable bonds is 9. The Kier molecular flexibility index (Phi) is 14.3. The van der Waals surface area contributed by atoms with E-state index in [-0.39, 0.29) is 48.4 Å². The zero-order valence-corrected chi connectivity index (χ0v) is 20.4.